The molecule has 3 nitrogen and oxygen atoms in total. The van der Waals surface area contributed by atoms with Crippen LogP contribution in [0.25, 0.3) is 0 Å². The monoisotopic (exact) mass is 289 g/mol. The molecule has 0 bridgehead atoms. The SMILES string of the molecule is O=C(NCc1ccccc1Cl)C(F)(F)C1(O)CCC1. The van der Waals surface area contributed by atoms with Gasteiger partial charge >= 0.3 is 5.92 Å². The van der Waals surface area contributed by atoms with Crippen LogP contribution in [0.3, 0.4) is 0 Å². The molecule has 1 aromatic rings. The third kappa shape index (κ3) is 2.58. The highest BCUT2D eigenvalue weighted by molar-refractivity contribution is 6.31. The average molecular weight is 290 g/mol. The lowest BCUT2D eigenvalue weighted by Crippen LogP contribution is -2.60. The Morgan fingerprint density at radius 3 is 2.58 bits per heavy atom. The maximum Gasteiger partial charge on any atom is 0.352 e. The van der Waals surface area contributed by atoms with Crippen LogP contribution in [0.1, 0.15) is 24.8 Å². The van der Waals surface area contributed by atoms with Gasteiger partial charge in [0, 0.05) is 11.6 Å². The van der Waals surface area contributed by atoms with Crippen LogP contribution >= 0.6 is 11.6 Å². The zero-order valence-corrected chi connectivity index (χ0v) is 10.9. The molecule has 0 unspecified atom stereocenters. The highest BCUT2D eigenvalue weighted by Crippen LogP contribution is 2.44. The van der Waals surface area contributed by atoms with Crippen molar-refractivity contribution in [1.29, 1.82) is 0 Å². The minimum absolute atomic E-state index is 0.0560. The molecule has 0 heterocycles. The molecular weight excluding hydrogens is 276 g/mol. The number of benzene rings is 1. The van der Waals surface area contributed by atoms with Gasteiger partial charge in [-0.1, -0.05) is 29.8 Å². The number of halogens is 3. The Morgan fingerprint density at radius 2 is 2.05 bits per heavy atom. The van der Waals surface area contributed by atoms with Crippen LogP contribution in [0, 0.1) is 0 Å². The van der Waals surface area contributed by atoms with Crippen LogP contribution in [0.4, 0.5) is 8.78 Å². The van der Waals surface area contributed by atoms with E-state index in [1.54, 1.807) is 24.3 Å². The number of carbonyl (C=O) groups is 1. The van der Waals surface area contributed by atoms with Crippen LogP contribution in [-0.2, 0) is 11.3 Å². The summed E-state index contributed by atoms with van der Waals surface area (Å²) in [5.41, 5.74) is -1.65. The van der Waals surface area contributed by atoms with Crippen molar-refractivity contribution in [2.45, 2.75) is 37.3 Å². The lowest BCUT2D eigenvalue weighted by Gasteiger charge is -2.41. The first-order valence-corrected chi connectivity index (χ1v) is 6.36. The van der Waals surface area contributed by atoms with E-state index in [2.05, 4.69) is 5.32 Å². The number of hydrogen-bond acceptors (Lipinski definition) is 2. The minimum atomic E-state index is -3.77. The molecule has 0 saturated heterocycles. The zero-order valence-electron chi connectivity index (χ0n) is 10.1. The maximum atomic E-state index is 13.8. The molecule has 6 heteroatoms. The van der Waals surface area contributed by atoms with Gasteiger partial charge in [0.2, 0.25) is 0 Å². The predicted molar refractivity (Wildman–Crippen MR) is 67.0 cm³/mol. The normalized spacial score (nSPS) is 17.7. The molecule has 104 valence electrons. The molecule has 1 fully saturated rings. The van der Waals surface area contributed by atoms with Crippen molar-refractivity contribution in [3.8, 4) is 0 Å². The Kier molecular flexibility index (Phi) is 3.78. The van der Waals surface area contributed by atoms with Gasteiger partial charge in [-0.25, -0.2) is 0 Å². The zero-order chi connectivity index (χ0) is 14.1. The number of hydrogen-bond donors (Lipinski definition) is 2. The summed E-state index contributed by atoms with van der Waals surface area (Å²) in [5, 5.41) is 12.1. The van der Waals surface area contributed by atoms with E-state index >= 15 is 0 Å². The quantitative estimate of drug-likeness (QED) is 0.895. The summed E-state index contributed by atoms with van der Waals surface area (Å²) in [5.74, 6) is -5.23. The number of aliphatic hydroxyl groups is 1. The second-order valence-electron chi connectivity index (χ2n) is 4.73. The molecular formula is C13H14ClF2NO2. The largest absolute Gasteiger partial charge is 0.383 e. The van der Waals surface area contributed by atoms with Gasteiger partial charge in [-0.2, -0.15) is 8.78 Å². The molecule has 0 atom stereocenters. The minimum Gasteiger partial charge on any atom is -0.383 e. The van der Waals surface area contributed by atoms with E-state index in [1.807, 2.05) is 0 Å². The first-order valence-electron chi connectivity index (χ1n) is 5.99. The lowest BCUT2D eigenvalue weighted by molar-refractivity contribution is -0.216. The summed E-state index contributed by atoms with van der Waals surface area (Å²) in [6.07, 6.45) is 0.392. The summed E-state index contributed by atoms with van der Waals surface area (Å²) in [4.78, 5) is 11.5. The molecule has 1 aliphatic carbocycles. The number of alkyl halides is 2. The van der Waals surface area contributed by atoms with E-state index in [0.29, 0.717) is 17.0 Å². The Morgan fingerprint density at radius 1 is 1.42 bits per heavy atom. The molecule has 0 aliphatic heterocycles. The van der Waals surface area contributed by atoms with Gasteiger partial charge < -0.3 is 10.4 Å². The van der Waals surface area contributed by atoms with Crippen LogP contribution in [-0.4, -0.2) is 22.5 Å². The van der Waals surface area contributed by atoms with E-state index in [0.717, 1.165) is 0 Å². The Hall–Kier alpha value is -1.20. The number of carbonyl (C=O) groups excluding carboxylic acids is 1. The maximum absolute atomic E-state index is 13.8. The molecule has 0 aromatic heterocycles. The summed E-state index contributed by atoms with van der Waals surface area (Å²) >= 11 is 5.86. The summed E-state index contributed by atoms with van der Waals surface area (Å²) in [6, 6.07) is 6.66. The summed E-state index contributed by atoms with van der Waals surface area (Å²) < 4.78 is 27.5. The van der Waals surface area contributed by atoms with E-state index < -0.39 is 17.4 Å². The van der Waals surface area contributed by atoms with Crippen molar-refractivity contribution in [3.63, 3.8) is 0 Å². The first-order chi connectivity index (χ1) is 8.87. The molecule has 2 N–H and O–H groups in total. The van der Waals surface area contributed by atoms with E-state index in [1.165, 1.54) is 0 Å². The smallest absolute Gasteiger partial charge is 0.352 e. The van der Waals surface area contributed by atoms with Crippen LogP contribution in [0.15, 0.2) is 24.3 Å². The predicted octanol–water partition coefficient (Wildman–Crippen LogP) is 2.51. The highest BCUT2D eigenvalue weighted by atomic mass is 35.5. The van der Waals surface area contributed by atoms with Gasteiger partial charge in [0.25, 0.3) is 5.91 Å². The molecule has 0 spiro atoms. The van der Waals surface area contributed by atoms with Crippen molar-refractivity contribution >= 4 is 17.5 Å². The van der Waals surface area contributed by atoms with Gasteiger partial charge in [-0.3, -0.25) is 4.79 Å². The highest BCUT2D eigenvalue weighted by Gasteiger charge is 2.61. The van der Waals surface area contributed by atoms with Crippen LogP contribution < -0.4 is 5.32 Å². The third-order valence-corrected chi connectivity index (χ3v) is 3.82. The second kappa shape index (κ2) is 5.06. The van der Waals surface area contributed by atoms with Gasteiger partial charge in [-0.15, -0.1) is 0 Å². The molecule has 1 aliphatic rings. The number of nitrogens with one attached hydrogen (secondary N) is 1. The van der Waals surface area contributed by atoms with Crippen molar-refractivity contribution in [3.05, 3.63) is 34.9 Å². The fourth-order valence-corrected chi connectivity index (χ4v) is 2.17. The van der Waals surface area contributed by atoms with E-state index in [9.17, 15) is 18.7 Å². The van der Waals surface area contributed by atoms with Crippen molar-refractivity contribution in [1.82, 2.24) is 5.32 Å². The average Bonchev–Trinajstić information content (AvgIpc) is 2.34. The second-order valence-corrected chi connectivity index (χ2v) is 5.14. The number of rotatable bonds is 4. The Balaban J connectivity index is 2.00. The van der Waals surface area contributed by atoms with Gasteiger partial charge in [-0.05, 0) is 30.9 Å². The fourth-order valence-electron chi connectivity index (χ4n) is 1.97. The fraction of sp³-hybridized carbons (Fsp3) is 0.462. The molecule has 19 heavy (non-hydrogen) atoms. The molecule has 1 amide bonds. The van der Waals surface area contributed by atoms with Crippen molar-refractivity contribution in [2.24, 2.45) is 0 Å². The molecule has 1 aromatic carbocycles. The van der Waals surface area contributed by atoms with Gasteiger partial charge in [0.05, 0.1) is 0 Å². The Bertz CT molecular complexity index is 489. The topological polar surface area (TPSA) is 49.3 Å². The van der Waals surface area contributed by atoms with Gasteiger partial charge in [0.1, 0.15) is 5.60 Å². The summed E-state index contributed by atoms with van der Waals surface area (Å²) in [7, 11) is 0. The molecule has 2 rings (SSSR count). The van der Waals surface area contributed by atoms with Crippen LogP contribution in [0.2, 0.25) is 5.02 Å². The molecule has 0 radical (unpaired) electrons. The van der Waals surface area contributed by atoms with E-state index in [4.69, 9.17) is 11.6 Å². The number of amides is 1. The van der Waals surface area contributed by atoms with Crippen molar-refractivity contribution in [2.75, 3.05) is 0 Å². The third-order valence-electron chi connectivity index (χ3n) is 3.45. The van der Waals surface area contributed by atoms with E-state index in [-0.39, 0.29) is 19.4 Å². The Labute approximate surface area is 114 Å². The molecule has 1 saturated carbocycles. The van der Waals surface area contributed by atoms with Gasteiger partial charge in [0.15, 0.2) is 0 Å². The lowest BCUT2D eigenvalue weighted by atomic mass is 9.75. The first kappa shape index (κ1) is 14.2. The summed E-state index contributed by atoms with van der Waals surface area (Å²) in [6.45, 7) is -0.0931. The standard InChI is InChI=1S/C13H14ClF2NO2/c14-10-5-2-1-4-9(10)8-17-11(18)13(15,16)12(19)6-3-7-12/h1-2,4-5,19H,3,6-8H2,(H,17,18). The van der Waals surface area contributed by atoms with Crippen molar-refractivity contribution < 1.29 is 18.7 Å². The van der Waals surface area contributed by atoms with Crippen LogP contribution in [0.5, 0.6) is 0 Å².